The van der Waals surface area contributed by atoms with Crippen LogP contribution in [0.2, 0.25) is 0 Å². The molecular weight excluding hydrogens is 298 g/mol. The molecule has 1 nitrogen and oxygen atoms in total. The van der Waals surface area contributed by atoms with Crippen molar-refractivity contribution >= 4 is 26.7 Å². The largest absolute Gasteiger partial charge is 0.324 e. The minimum atomic E-state index is 0.148. The summed E-state index contributed by atoms with van der Waals surface area (Å²) in [7, 11) is 0. The summed E-state index contributed by atoms with van der Waals surface area (Å²) in [6, 6.07) is 12.9. The number of fused-ring (bicyclic) bond motifs is 1. The number of halogens is 1. The summed E-state index contributed by atoms with van der Waals surface area (Å²) in [5.41, 5.74) is 7.65. The van der Waals surface area contributed by atoms with E-state index >= 15 is 0 Å². The molecule has 0 saturated heterocycles. The lowest BCUT2D eigenvalue weighted by atomic mass is 9.95. The molecule has 0 bridgehead atoms. The Morgan fingerprint density at radius 1 is 1.00 bits per heavy atom. The molecule has 2 N–H and O–H groups in total. The predicted octanol–water partition coefficient (Wildman–Crippen LogP) is 5.57. The third-order valence-corrected chi connectivity index (χ3v) is 4.36. The van der Waals surface area contributed by atoms with Gasteiger partial charge in [0.15, 0.2) is 0 Å². The molecule has 0 heterocycles. The molecule has 102 valence electrons. The standard InChI is InChI=1S/C17H22BrN/c1-2-3-4-5-10-17(19)15-11-12-16(18)14-9-7-6-8-13(14)15/h6-9,11-12,17H,2-5,10,19H2,1H3. The topological polar surface area (TPSA) is 26.0 Å². The van der Waals surface area contributed by atoms with Crippen LogP contribution in [-0.2, 0) is 0 Å². The van der Waals surface area contributed by atoms with Crippen LogP contribution in [0.1, 0.15) is 50.6 Å². The molecule has 2 aromatic carbocycles. The van der Waals surface area contributed by atoms with Gasteiger partial charge in [-0.2, -0.15) is 0 Å². The summed E-state index contributed by atoms with van der Waals surface area (Å²) < 4.78 is 1.14. The van der Waals surface area contributed by atoms with Gasteiger partial charge in [-0.3, -0.25) is 0 Å². The second kappa shape index (κ2) is 7.06. The highest BCUT2D eigenvalue weighted by molar-refractivity contribution is 9.10. The van der Waals surface area contributed by atoms with Crippen molar-refractivity contribution in [2.45, 2.75) is 45.1 Å². The molecule has 0 spiro atoms. The first-order valence-electron chi connectivity index (χ1n) is 7.16. The number of hydrogen-bond donors (Lipinski definition) is 1. The Balaban J connectivity index is 2.18. The number of hydrogen-bond acceptors (Lipinski definition) is 1. The van der Waals surface area contributed by atoms with Gasteiger partial charge >= 0.3 is 0 Å². The third-order valence-electron chi connectivity index (χ3n) is 3.67. The van der Waals surface area contributed by atoms with Gasteiger partial charge in [0.2, 0.25) is 0 Å². The fraction of sp³-hybridized carbons (Fsp3) is 0.412. The van der Waals surface area contributed by atoms with E-state index < -0.39 is 0 Å². The molecule has 1 atom stereocenters. The van der Waals surface area contributed by atoms with Gasteiger partial charge in [-0.1, -0.05) is 78.9 Å². The van der Waals surface area contributed by atoms with E-state index in [1.165, 1.54) is 42.0 Å². The fourth-order valence-electron chi connectivity index (χ4n) is 2.56. The van der Waals surface area contributed by atoms with Gasteiger partial charge in [-0.15, -0.1) is 0 Å². The van der Waals surface area contributed by atoms with Gasteiger partial charge < -0.3 is 5.73 Å². The number of benzene rings is 2. The Hall–Kier alpha value is -0.860. The van der Waals surface area contributed by atoms with Crippen molar-refractivity contribution in [2.75, 3.05) is 0 Å². The van der Waals surface area contributed by atoms with Gasteiger partial charge in [0, 0.05) is 10.5 Å². The SMILES string of the molecule is CCCCCCC(N)c1ccc(Br)c2ccccc12. The van der Waals surface area contributed by atoms with Gasteiger partial charge in [0.1, 0.15) is 0 Å². The minimum absolute atomic E-state index is 0.148. The van der Waals surface area contributed by atoms with Crippen LogP contribution in [0, 0.1) is 0 Å². The van der Waals surface area contributed by atoms with E-state index in [2.05, 4.69) is 59.3 Å². The Morgan fingerprint density at radius 3 is 2.47 bits per heavy atom. The highest BCUT2D eigenvalue weighted by atomic mass is 79.9. The van der Waals surface area contributed by atoms with E-state index in [0.717, 1.165) is 10.9 Å². The maximum absolute atomic E-state index is 6.38. The number of unbranched alkanes of at least 4 members (excludes halogenated alkanes) is 3. The molecule has 0 aromatic heterocycles. The summed E-state index contributed by atoms with van der Waals surface area (Å²) in [6.45, 7) is 2.24. The van der Waals surface area contributed by atoms with Crippen molar-refractivity contribution in [3.63, 3.8) is 0 Å². The molecule has 0 fully saturated rings. The van der Waals surface area contributed by atoms with Crippen LogP contribution < -0.4 is 5.73 Å². The van der Waals surface area contributed by atoms with Crippen LogP contribution in [0.25, 0.3) is 10.8 Å². The number of rotatable bonds is 6. The summed E-state index contributed by atoms with van der Waals surface area (Å²) >= 11 is 3.61. The summed E-state index contributed by atoms with van der Waals surface area (Å²) in [5, 5.41) is 2.53. The Morgan fingerprint density at radius 2 is 1.74 bits per heavy atom. The molecule has 0 aliphatic heterocycles. The van der Waals surface area contributed by atoms with Crippen LogP contribution >= 0.6 is 15.9 Å². The van der Waals surface area contributed by atoms with Crippen LogP contribution in [0.5, 0.6) is 0 Å². The van der Waals surface area contributed by atoms with E-state index in [4.69, 9.17) is 5.73 Å². The van der Waals surface area contributed by atoms with E-state index in [1.54, 1.807) is 0 Å². The second-order valence-corrected chi connectivity index (χ2v) is 5.99. The quantitative estimate of drug-likeness (QED) is 0.692. The molecule has 0 aliphatic carbocycles. The van der Waals surface area contributed by atoms with E-state index in [9.17, 15) is 0 Å². The molecule has 0 saturated carbocycles. The molecule has 2 rings (SSSR count). The first-order valence-corrected chi connectivity index (χ1v) is 7.96. The monoisotopic (exact) mass is 319 g/mol. The first kappa shape index (κ1) is 14.5. The normalized spacial score (nSPS) is 12.8. The van der Waals surface area contributed by atoms with Gasteiger partial charge in [0.05, 0.1) is 0 Å². The molecule has 2 heteroatoms. The molecular formula is C17H22BrN. The highest BCUT2D eigenvalue weighted by Crippen LogP contribution is 2.31. The molecule has 19 heavy (non-hydrogen) atoms. The zero-order valence-electron chi connectivity index (χ0n) is 11.5. The van der Waals surface area contributed by atoms with Crippen LogP contribution in [0.4, 0.5) is 0 Å². The second-order valence-electron chi connectivity index (χ2n) is 5.14. The third kappa shape index (κ3) is 3.58. The van der Waals surface area contributed by atoms with Crippen molar-refractivity contribution in [2.24, 2.45) is 5.73 Å². The van der Waals surface area contributed by atoms with Gasteiger partial charge in [0.25, 0.3) is 0 Å². The van der Waals surface area contributed by atoms with Gasteiger partial charge in [-0.05, 0) is 28.8 Å². The minimum Gasteiger partial charge on any atom is -0.324 e. The maximum Gasteiger partial charge on any atom is 0.0301 e. The lowest BCUT2D eigenvalue weighted by Crippen LogP contribution is -2.10. The average Bonchev–Trinajstić information content (AvgIpc) is 2.44. The number of nitrogens with two attached hydrogens (primary N) is 1. The lowest BCUT2D eigenvalue weighted by molar-refractivity contribution is 0.568. The van der Waals surface area contributed by atoms with E-state index in [1.807, 2.05) is 0 Å². The van der Waals surface area contributed by atoms with Crippen molar-refractivity contribution in [3.05, 3.63) is 46.4 Å². The Labute approximate surface area is 124 Å². The molecule has 0 aliphatic rings. The summed E-state index contributed by atoms with van der Waals surface area (Å²) in [4.78, 5) is 0. The zero-order valence-corrected chi connectivity index (χ0v) is 13.1. The molecule has 1 unspecified atom stereocenters. The smallest absolute Gasteiger partial charge is 0.0301 e. The lowest BCUT2D eigenvalue weighted by Gasteiger charge is -2.15. The first-order chi connectivity index (χ1) is 9.24. The molecule has 2 aromatic rings. The van der Waals surface area contributed by atoms with Crippen molar-refractivity contribution < 1.29 is 0 Å². The maximum atomic E-state index is 6.38. The zero-order chi connectivity index (χ0) is 13.7. The molecule has 0 radical (unpaired) electrons. The van der Waals surface area contributed by atoms with E-state index in [0.29, 0.717) is 0 Å². The molecule has 0 amide bonds. The van der Waals surface area contributed by atoms with E-state index in [-0.39, 0.29) is 6.04 Å². The average molecular weight is 320 g/mol. The van der Waals surface area contributed by atoms with Crippen LogP contribution in [0.3, 0.4) is 0 Å². The summed E-state index contributed by atoms with van der Waals surface area (Å²) in [5.74, 6) is 0. The Kier molecular flexibility index (Phi) is 5.41. The summed E-state index contributed by atoms with van der Waals surface area (Å²) in [6.07, 6.45) is 6.17. The van der Waals surface area contributed by atoms with Crippen molar-refractivity contribution in [1.29, 1.82) is 0 Å². The fourth-order valence-corrected chi connectivity index (χ4v) is 3.03. The highest BCUT2D eigenvalue weighted by Gasteiger charge is 2.10. The van der Waals surface area contributed by atoms with Crippen molar-refractivity contribution in [1.82, 2.24) is 0 Å². The predicted molar refractivity (Wildman–Crippen MR) is 87.3 cm³/mol. The van der Waals surface area contributed by atoms with Crippen molar-refractivity contribution in [3.8, 4) is 0 Å². The Bertz CT molecular complexity index is 536. The van der Waals surface area contributed by atoms with Crippen LogP contribution in [-0.4, -0.2) is 0 Å². The van der Waals surface area contributed by atoms with Crippen LogP contribution in [0.15, 0.2) is 40.9 Å². The van der Waals surface area contributed by atoms with Gasteiger partial charge in [-0.25, -0.2) is 0 Å².